The second-order valence-electron chi connectivity index (χ2n) is 5.16. The number of carbonyl (C=O) groups is 1. The molecule has 3 aromatic carbocycles. The summed E-state index contributed by atoms with van der Waals surface area (Å²) in [5.41, 5.74) is 0.476. The summed E-state index contributed by atoms with van der Waals surface area (Å²) in [6.07, 6.45) is 0.643. The predicted octanol–water partition coefficient (Wildman–Crippen LogP) is 0.392. The summed E-state index contributed by atoms with van der Waals surface area (Å²) < 4.78 is 32.6. The van der Waals surface area contributed by atoms with E-state index in [0.717, 1.165) is 6.07 Å². The van der Waals surface area contributed by atoms with Crippen LogP contribution in [0.4, 0.5) is 11.4 Å². The summed E-state index contributed by atoms with van der Waals surface area (Å²) in [6.45, 7) is 0. The van der Waals surface area contributed by atoms with E-state index in [0.29, 0.717) is 17.5 Å². The minimum atomic E-state index is -4.55. The Hall–Kier alpha value is -2.10. The molecule has 0 bridgehead atoms. The third-order valence-electron chi connectivity index (χ3n) is 3.50. The molecule has 0 aliphatic heterocycles. The predicted molar refractivity (Wildman–Crippen MR) is 89.2 cm³/mol. The van der Waals surface area contributed by atoms with Gasteiger partial charge in [-0.15, -0.1) is 0 Å². The number of carbonyl (C=O) groups excluding carboxylic acids is 1. The van der Waals surface area contributed by atoms with Crippen molar-refractivity contribution in [3.63, 3.8) is 0 Å². The van der Waals surface area contributed by atoms with Crippen molar-refractivity contribution in [3.8, 4) is 5.75 Å². The van der Waals surface area contributed by atoms with Gasteiger partial charge in [0.25, 0.3) is 10.1 Å². The number of aldehydes is 1. The van der Waals surface area contributed by atoms with Crippen molar-refractivity contribution in [3.05, 3.63) is 60.2 Å². The van der Waals surface area contributed by atoms with Crippen molar-refractivity contribution in [2.75, 3.05) is 0 Å². The van der Waals surface area contributed by atoms with Crippen LogP contribution in [-0.2, 0) is 10.1 Å². The van der Waals surface area contributed by atoms with Gasteiger partial charge in [0.1, 0.15) is 11.2 Å². The normalized spacial score (nSPS) is 11.4. The van der Waals surface area contributed by atoms with E-state index in [9.17, 15) is 22.9 Å². The molecular weight excluding hydrogens is 367 g/mol. The minimum absolute atomic E-state index is 0. The number of benzene rings is 3. The Kier molecular flexibility index (Phi) is 6.27. The molecule has 0 radical (unpaired) electrons. The maximum Gasteiger partial charge on any atom is 1.00 e. The van der Waals surface area contributed by atoms with E-state index in [1.807, 2.05) is 0 Å². The summed E-state index contributed by atoms with van der Waals surface area (Å²) >= 11 is 0. The SMILES string of the molecule is O=Cc1cccc(N=Nc2cc(S(=O)(=O)O)c3ccccc3c2[O-])c1.[Na+]. The van der Waals surface area contributed by atoms with E-state index in [1.54, 1.807) is 30.3 Å². The molecule has 26 heavy (non-hydrogen) atoms. The fraction of sp³-hybridized carbons (Fsp3) is 0. The smallest absolute Gasteiger partial charge is 0.871 e. The fourth-order valence-electron chi connectivity index (χ4n) is 2.36. The Bertz CT molecular complexity index is 1110. The van der Waals surface area contributed by atoms with Crippen LogP contribution in [0.1, 0.15) is 10.4 Å². The van der Waals surface area contributed by atoms with Gasteiger partial charge in [0.2, 0.25) is 0 Å². The van der Waals surface area contributed by atoms with Crippen LogP contribution in [-0.4, -0.2) is 19.3 Å². The number of hydrogen-bond donors (Lipinski definition) is 1. The van der Waals surface area contributed by atoms with Crippen LogP contribution in [0.2, 0.25) is 0 Å². The van der Waals surface area contributed by atoms with Crippen LogP contribution in [0.25, 0.3) is 10.8 Å². The van der Waals surface area contributed by atoms with Crippen LogP contribution < -0.4 is 34.7 Å². The van der Waals surface area contributed by atoms with Crippen molar-refractivity contribution in [1.82, 2.24) is 0 Å². The molecule has 0 atom stereocenters. The van der Waals surface area contributed by atoms with Crippen molar-refractivity contribution < 1.29 is 52.4 Å². The molecule has 0 aliphatic carbocycles. The molecule has 9 heteroatoms. The maximum absolute atomic E-state index is 12.5. The number of nitrogens with zero attached hydrogens (tertiary/aromatic N) is 2. The molecule has 0 fully saturated rings. The van der Waals surface area contributed by atoms with Gasteiger partial charge in [0, 0.05) is 10.9 Å². The molecule has 0 aliphatic rings. The molecule has 0 saturated carbocycles. The summed E-state index contributed by atoms with van der Waals surface area (Å²) in [5, 5.41) is 20.3. The van der Waals surface area contributed by atoms with Gasteiger partial charge in [-0.25, -0.2) is 0 Å². The number of rotatable bonds is 4. The molecule has 7 nitrogen and oxygen atoms in total. The number of fused-ring (bicyclic) bond motifs is 1. The first-order valence-corrected chi connectivity index (χ1v) is 8.51. The first kappa shape index (κ1) is 20.2. The fourth-order valence-corrected chi connectivity index (χ4v) is 3.08. The van der Waals surface area contributed by atoms with Gasteiger partial charge < -0.3 is 5.11 Å². The summed E-state index contributed by atoms with van der Waals surface area (Å²) in [4.78, 5) is 10.4. The van der Waals surface area contributed by atoms with Crippen LogP contribution in [0.3, 0.4) is 0 Å². The molecular formula is C17H11N2NaO5S. The molecule has 3 aromatic rings. The van der Waals surface area contributed by atoms with Gasteiger partial charge in [0.05, 0.1) is 11.4 Å². The van der Waals surface area contributed by atoms with Crippen LogP contribution in [0.15, 0.2) is 69.7 Å². The topological polar surface area (TPSA) is 119 Å². The first-order chi connectivity index (χ1) is 11.9. The van der Waals surface area contributed by atoms with Crippen LogP contribution >= 0.6 is 0 Å². The molecule has 3 rings (SSSR count). The average Bonchev–Trinajstić information content (AvgIpc) is 2.60. The zero-order valence-corrected chi connectivity index (χ0v) is 16.5. The van der Waals surface area contributed by atoms with Gasteiger partial charge in [-0.05, 0) is 23.6 Å². The van der Waals surface area contributed by atoms with E-state index < -0.39 is 20.8 Å². The molecule has 0 amide bonds. The maximum atomic E-state index is 12.5. The number of azo groups is 1. The van der Waals surface area contributed by atoms with E-state index in [2.05, 4.69) is 10.2 Å². The van der Waals surface area contributed by atoms with Crippen molar-refractivity contribution in [2.45, 2.75) is 4.90 Å². The van der Waals surface area contributed by atoms with E-state index >= 15 is 0 Å². The zero-order valence-electron chi connectivity index (χ0n) is 13.7. The third-order valence-corrected chi connectivity index (χ3v) is 4.39. The van der Waals surface area contributed by atoms with E-state index in [1.165, 1.54) is 18.2 Å². The van der Waals surface area contributed by atoms with Crippen molar-refractivity contribution in [1.29, 1.82) is 0 Å². The quantitative estimate of drug-likeness (QED) is 0.305. The third kappa shape index (κ3) is 4.17. The molecule has 1 N–H and O–H groups in total. The van der Waals surface area contributed by atoms with Gasteiger partial charge in [0.15, 0.2) is 0 Å². The average molecular weight is 378 g/mol. The summed E-state index contributed by atoms with van der Waals surface area (Å²) in [7, 11) is -4.55. The first-order valence-electron chi connectivity index (χ1n) is 7.07. The van der Waals surface area contributed by atoms with Crippen LogP contribution in [0, 0.1) is 0 Å². The molecule has 0 aromatic heterocycles. The Morgan fingerprint density at radius 3 is 2.31 bits per heavy atom. The van der Waals surface area contributed by atoms with Gasteiger partial charge >= 0.3 is 29.6 Å². The molecule has 126 valence electrons. The van der Waals surface area contributed by atoms with Gasteiger partial charge in [-0.1, -0.05) is 42.1 Å². The monoisotopic (exact) mass is 378 g/mol. The molecule has 0 heterocycles. The largest absolute Gasteiger partial charge is 1.00 e. The standard InChI is InChI=1S/C17H12N2O5S.Na/c20-10-11-4-3-5-12(8-11)18-19-15-9-16(25(22,23)24)13-6-1-2-7-14(13)17(15)21;/h1-10,21H,(H,22,23,24);/q;+1/p-1. The second-order valence-corrected chi connectivity index (χ2v) is 6.55. The zero-order chi connectivity index (χ0) is 18.0. The van der Waals surface area contributed by atoms with Crippen molar-refractivity contribution in [2.24, 2.45) is 10.2 Å². The summed E-state index contributed by atoms with van der Waals surface area (Å²) in [5.74, 6) is -0.515. The minimum Gasteiger partial charge on any atom is -0.871 e. The second kappa shape index (κ2) is 8.07. The Labute approximate surface area is 171 Å². The number of hydrogen-bond acceptors (Lipinski definition) is 6. The summed E-state index contributed by atoms with van der Waals surface area (Å²) in [6, 6.07) is 13.2. The van der Waals surface area contributed by atoms with Gasteiger partial charge in [-0.3, -0.25) is 9.35 Å². The van der Waals surface area contributed by atoms with Crippen LogP contribution in [0.5, 0.6) is 5.75 Å². The Morgan fingerprint density at radius 1 is 0.962 bits per heavy atom. The van der Waals surface area contributed by atoms with Gasteiger partial charge in [-0.2, -0.15) is 18.6 Å². The molecule has 0 unspecified atom stereocenters. The molecule has 0 spiro atoms. The Balaban J connectivity index is 0.00000243. The Morgan fingerprint density at radius 2 is 1.65 bits per heavy atom. The van der Waals surface area contributed by atoms with E-state index in [4.69, 9.17) is 0 Å². The molecule has 0 saturated heterocycles. The van der Waals surface area contributed by atoms with E-state index in [-0.39, 0.29) is 46.0 Å². The van der Waals surface area contributed by atoms with Crippen molar-refractivity contribution >= 4 is 38.6 Å².